The second kappa shape index (κ2) is 5.23. The van der Waals surface area contributed by atoms with Gasteiger partial charge in [-0.15, -0.1) is 0 Å². The molecule has 0 saturated heterocycles. The van der Waals surface area contributed by atoms with Crippen molar-refractivity contribution in [3.05, 3.63) is 28.3 Å². The fourth-order valence-electron chi connectivity index (χ4n) is 1.47. The van der Waals surface area contributed by atoms with E-state index < -0.39 is 0 Å². The number of aryl methyl sites for hydroxylation is 1. The van der Waals surface area contributed by atoms with Crippen LogP contribution in [-0.4, -0.2) is 20.7 Å². The molecule has 0 aliphatic carbocycles. The third-order valence-corrected chi connectivity index (χ3v) is 2.44. The predicted octanol–water partition coefficient (Wildman–Crippen LogP) is 2.42. The summed E-state index contributed by atoms with van der Waals surface area (Å²) in [5, 5.41) is 3.80. The van der Waals surface area contributed by atoms with Gasteiger partial charge in [0.15, 0.2) is 0 Å². The average Bonchev–Trinajstić information content (AvgIpc) is 2.14. The molecule has 0 radical (unpaired) electrons. The van der Waals surface area contributed by atoms with Crippen LogP contribution in [0.1, 0.15) is 11.1 Å². The van der Waals surface area contributed by atoms with Crippen LogP contribution in [0, 0.1) is 6.92 Å². The lowest BCUT2D eigenvalue weighted by atomic mass is 10.1. The molecule has 0 amide bonds. The number of hydrogen-bond donors (Lipinski definition) is 1. The lowest BCUT2D eigenvalue weighted by molar-refractivity contribution is 0.411. The van der Waals surface area contributed by atoms with E-state index in [0.29, 0.717) is 5.02 Å². The second-order valence-corrected chi connectivity index (χ2v) is 3.69. The standard InChI is InChI=1S/C11H16ClNO/c1-8-6-9(4-5-13-2)7-10(12)11(8)14-3/h6-7,13H,4-5H2,1-3H3. The van der Waals surface area contributed by atoms with Gasteiger partial charge >= 0.3 is 0 Å². The molecule has 1 aromatic carbocycles. The van der Waals surface area contributed by atoms with Crippen molar-refractivity contribution in [3.63, 3.8) is 0 Å². The minimum atomic E-state index is 0.693. The maximum absolute atomic E-state index is 6.07. The van der Waals surface area contributed by atoms with Crippen molar-refractivity contribution in [3.8, 4) is 5.75 Å². The maximum atomic E-state index is 6.07. The third-order valence-electron chi connectivity index (χ3n) is 2.16. The number of nitrogens with one attached hydrogen (secondary N) is 1. The van der Waals surface area contributed by atoms with Gasteiger partial charge in [0.2, 0.25) is 0 Å². The van der Waals surface area contributed by atoms with Crippen LogP contribution in [-0.2, 0) is 6.42 Å². The van der Waals surface area contributed by atoms with E-state index >= 15 is 0 Å². The molecule has 0 spiro atoms. The highest BCUT2D eigenvalue weighted by molar-refractivity contribution is 6.32. The van der Waals surface area contributed by atoms with Crippen molar-refractivity contribution in [2.24, 2.45) is 0 Å². The van der Waals surface area contributed by atoms with Crippen molar-refractivity contribution >= 4 is 11.6 Å². The van der Waals surface area contributed by atoms with E-state index in [0.717, 1.165) is 24.3 Å². The molecule has 1 aromatic rings. The van der Waals surface area contributed by atoms with Gasteiger partial charge in [-0.2, -0.15) is 0 Å². The number of benzene rings is 1. The van der Waals surface area contributed by atoms with E-state index in [1.54, 1.807) is 7.11 Å². The van der Waals surface area contributed by atoms with Crippen LogP contribution in [0.3, 0.4) is 0 Å². The molecule has 0 heterocycles. The van der Waals surface area contributed by atoms with Gasteiger partial charge in [-0.1, -0.05) is 17.7 Å². The molecule has 0 bridgehead atoms. The molecule has 0 aliphatic heterocycles. The van der Waals surface area contributed by atoms with E-state index in [2.05, 4.69) is 11.4 Å². The molecular formula is C11H16ClNO. The number of likely N-dealkylation sites (N-methyl/N-ethyl adjacent to an activating group) is 1. The first kappa shape index (κ1) is 11.3. The van der Waals surface area contributed by atoms with Crippen LogP contribution >= 0.6 is 11.6 Å². The molecule has 1 rings (SSSR count). The summed E-state index contributed by atoms with van der Waals surface area (Å²) in [5.41, 5.74) is 2.33. The molecular weight excluding hydrogens is 198 g/mol. The van der Waals surface area contributed by atoms with Gasteiger partial charge in [0.05, 0.1) is 12.1 Å². The van der Waals surface area contributed by atoms with Crippen LogP contribution in [0.4, 0.5) is 0 Å². The number of rotatable bonds is 4. The maximum Gasteiger partial charge on any atom is 0.140 e. The highest BCUT2D eigenvalue weighted by atomic mass is 35.5. The normalized spacial score (nSPS) is 10.3. The Bertz CT molecular complexity index is 289. The number of halogens is 1. The number of methoxy groups -OCH3 is 1. The fourth-order valence-corrected chi connectivity index (χ4v) is 1.84. The summed E-state index contributed by atoms with van der Waals surface area (Å²) in [6, 6.07) is 4.08. The van der Waals surface area contributed by atoms with Gasteiger partial charge in [-0.25, -0.2) is 0 Å². The molecule has 0 aromatic heterocycles. The molecule has 0 unspecified atom stereocenters. The minimum absolute atomic E-state index is 0.693. The van der Waals surface area contributed by atoms with Crippen molar-refractivity contribution in [2.45, 2.75) is 13.3 Å². The summed E-state index contributed by atoms with van der Waals surface area (Å²) in [6.07, 6.45) is 0.987. The van der Waals surface area contributed by atoms with Crippen molar-refractivity contribution in [2.75, 3.05) is 20.7 Å². The van der Waals surface area contributed by atoms with Crippen LogP contribution in [0.2, 0.25) is 5.02 Å². The molecule has 0 atom stereocenters. The molecule has 0 saturated carbocycles. The highest BCUT2D eigenvalue weighted by Gasteiger charge is 2.06. The first-order valence-corrected chi connectivity index (χ1v) is 5.04. The Kier molecular flexibility index (Phi) is 4.23. The smallest absolute Gasteiger partial charge is 0.140 e. The average molecular weight is 214 g/mol. The lowest BCUT2D eigenvalue weighted by Gasteiger charge is -2.09. The summed E-state index contributed by atoms with van der Waals surface area (Å²) in [4.78, 5) is 0. The second-order valence-electron chi connectivity index (χ2n) is 3.28. The van der Waals surface area contributed by atoms with Crippen LogP contribution in [0.25, 0.3) is 0 Å². The zero-order chi connectivity index (χ0) is 10.6. The zero-order valence-electron chi connectivity index (χ0n) is 8.86. The van der Waals surface area contributed by atoms with Gasteiger partial charge in [-0.05, 0) is 44.1 Å². The largest absolute Gasteiger partial charge is 0.495 e. The summed E-state index contributed by atoms with van der Waals surface area (Å²) < 4.78 is 5.19. The van der Waals surface area contributed by atoms with Gasteiger partial charge in [0, 0.05) is 0 Å². The number of ether oxygens (including phenoxy) is 1. The molecule has 14 heavy (non-hydrogen) atoms. The molecule has 3 heteroatoms. The van der Waals surface area contributed by atoms with E-state index in [9.17, 15) is 0 Å². The predicted molar refractivity (Wildman–Crippen MR) is 60.4 cm³/mol. The fraction of sp³-hybridized carbons (Fsp3) is 0.455. The van der Waals surface area contributed by atoms with E-state index in [1.165, 1.54) is 5.56 Å². The summed E-state index contributed by atoms with van der Waals surface area (Å²) in [6.45, 7) is 2.97. The summed E-state index contributed by atoms with van der Waals surface area (Å²) in [5.74, 6) is 0.778. The first-order valence-electron chi connectivity index (χ1n) is 4.66. The number of hydrogen-bond acceptors (Lipinski definition) is 2. The highest BCUT2D eigenvalue weighted by Crippen LogP contribution is 2.29. The van der Waals surface area contributed by atoms with E-state index in [4.69, 9.17) is 16.3 Å². The molecule has 1 N–H and O–H groups in total. The molecule has 2 nitrogen and oxygen atoms in total. The van der Waals surface area contributed by atoms with E-state index in [-0.39, 0.29) is 0 Å². The SMILES string of the molecule is CNCCc1cc(C)c(OC)c(Cl)c1. The van der Waals surface area contributed by atoms with Crippen molar-refractivity contribution in [1.82, 2.24) is 5.32 Å². The summed E-state index contributed by atoms with van der Waals surface area (Å²) in [7, 11) is 3.58. The van der Waals surface area contributed by atoms with Crippen LogP contribution in [0.5, 0.6) is 5.75 Å². The van der Waals surface area contributed by atoms with Crippen molar-refractivity contribution < 1.29 is 4.74 Å². The Labute approximate surface area is 90.2 Å². The van der Waals surface area contributed by atoms with Crippen LogP contribution < -0.4 is 10.1 Å². The Morgan fingerprint density at radius 1 is 1.43 bits per heavy atom. The third kappa shape index (κ3) is 2.63. The summed E-state index contributed by atoms with van der Waals surface area (Å²) >= 11 is 6.07. The Morgan fingerprint density at radius 2 is 2.14 bits per heavy atom. The van der Waals surface area contributed by atoms with Crippen molar-refractivity contribution in [1.29, 1.82) is 0 Å². The van der Waals surface area contributed by atoms with Gasteiger partial charge in [-0.3, -0.25) is 0 Å². The topological polar surface area (TPSA) is 21.3 Å². The van der Waals surface area contributed by atoms with Gasteiger partial charge < -0.3 is 10.1 Å². The van der Waals surface area contributed by atoms with Gasteiger partial charge in [0.25, 0.3) is 0 Å². The molecule has 0 fully saturated rings. The monoisotopic (exact) mass is 213 g/mol. The zero-order valence-corrected chi connectivity index (χ0v) is 9.61. The van der Waals surface area contributed by atoms with E-state index in [1.807, 2.05) is 20.0 Å². The lowest BCUT2D eigenvalue weighted by Crippen LogP contribution is -2.10. The Hall–Kier alpha value is -0.730. The quantitative estimate of drug-likeness (QED) is 0.830. The van der Waals surface area contributed by atoms with Gasteiger partial charge in [0.1, 0.15) is 5.75 Å². The molecule has 0 aliphatic rings. The Balaban J connectivity index is 2.90. The minimum Gasteiger partial charge on any atom is -0.495 e. The Morgan fingerprint density at radius 3 is 2.64 bits per heavy atom. The first-order chi connectivity index (χ1) is 6.69. The van der Waals surface area contributed by atoms with Crippen LogP contribution in [0.15, 0.2) is 12.1 Å². The molecule has 78 valence electrons.